The lowest BCUT2D eigenvalue weighted by Crippen LogP contribution is -2.28. The summed E-state index contributed by atoms with van der Waals surface area (Å²) in [6.45, 7) is 0.0662. The van der Waals surface area contributed by atoms with Crippen LogP contribution < -0.4 is 10.1 Å². The van der Waals surface area contributed by atoms with Gasteiger partial charge in [0.1, 0.15) is 11.5 Å². The van der Waals surface area contributed by atoms with Crippen molar-refractivity contribution in [1.82, 2.24) is 5.32 Å². The van der Waals surface area contributed by atoms with E-state index >= 15 is 0 Å². The van der Waals surface area contributed by atoms with Gasteiger partial charge in [-0.15, -0.1) is 0 Å². The molecule has 1 N–H and O–H groups in total. The minimum Gasteiger partial charge on any atom is -0.457 e. The van der Waals surface area contributed by atoms with E-state index in [4.69, 9.17) is 9.47 Å². The molecule has 3 aromatic rings. The van der Waals surface area contributed by atoms with Crippen LogP contribution in [0.5, 0.6) is 11.5 Å². The minimum absolute atomic E-state index is 0.325. The second-order valence-electron chi connectivity index (χ2n) is 5.78. The van der Waals surface area contributed by atoms with Crippen LogP contribution in [0.4, 0.5) is 0 Å². The number of hydrogen-bond acceptors (Lipinski definition) is 4. The molecule has 5 nitrogen and oxygen atoms in total. The molecule has 0 spiro atoms. The van der Waals surface area contributed by atoms with Crippen molar-refractivity contribution in [3.05, 3.63) is 96.1 Å². The van der Waals surface area contributed by atoms with Crippen LogP contribution in [0.25, 0.3) is 0 Å². The standard InChI is InChI=1S/C22H19NO4/c24-21(23-15-17-7-3-1-4-8-17)16-26-22(25)18-11-13-20(14-12-18)27-19-9-5-2-6-10-19/h1-14H,15-16H2,(H,23,24). The zero-order valence-corrected chi connectivity index (χ0v) is 14.6. The molecule has 136 valence electrons. The highest BCUT2D eigenvalue weighted by Gasteiger charge is 2.10. The molecule has 0 atom stereocenters. The van der Waals surface area contributed by atoms with Crippen LogP contribution in [-0.2, 0) is 16.1 Å². The van der Waals surface area contributed by atoms with E-state index < -0.39 is 5.97 Å². The molecule has 0 fully saturated rings. The fraction of sp³-hybridized carbons (Fsp3) is 0.0909. The SMILES string of the molecule is O=C(COC(=O)c1ccc(Oc2ccccc2)cc1)NCc1ccccc1. The summed E-state index contributed by atoms with van der Waals surface area (Å²) in [7, 11) is 0. The summed E-state index contributed by atoms with van der Waals surface area (Å²) in [5, 5.41) is 2.71. The Bertz CT molecular complexity index is 877. The van der Waals surface area contributed by atoms with E-state index in [1.165, 1.54) is 0 Å². The number of nitrogens with one attached hydrogen (secondary N) is 1. The number of carbonyl (C=O) groups excluding carboxylic acids is 2. The highest BCUT2D eigenvalue weighted by Crippen LogP contribution is 2.21. The average molecular weight is 361 g/mol. The monoisotopic (exact) mass is 361 g/mol. The summed E-state index contributed by atoms with van der Waals surface area (Å²) in [5.74, 6) is 0.411. The van der Waals surface area contributed by atoms with Gasteiger partial charge in [-0.2, -0.15) is 0 Å². The average Bonchev–Trinajstić information content (AvgIpc) is 2.72. The van der Waals surface area contributed by atoms with Crippen molar-refractivity contribution in [2.45, 2.75) is 6.54 Å². The zero-order valence-electron chi connectivity index (χ0n) is 14.6. The minimum atomic E-state index is -0.559. The van der Waals surface area contributed by atoms with Gasteiger partial charge in [0.05, 0.1) is 5.56 Å². The first kappa shape index (κ1) is 18.2. The van der Waals surface area contributed by atoms with Gasteiger partial charge >= 0.3 is 5.97 Å². The van der Waals surface area contributed by atoms with Crippen molar-refractivity contribution in [1.29, 1.82) is 0 Å². The fourth-order valence-corrected chi connectivity index (χ4v) is 2.35. The predicted octanol–water partition coefficient (Wildman–Crippen LogP) is 3.95. The Labute approximate surface area is 157 Å². The molecule has 0 saturated heterocycles. The van der Waals surface area contributed by atoms with Gasteiger partial charge in [-0.3, -0.25) is 4.79 Å². The normalized spacial score (nSPS) is 10.1. The molecule has 0 bridgehead atoms. The first-order valence-electron chi connectivity index (χ1n) is 8.51. The Morgan fingerprint density at radius 1 is 0.741 bits per heavy atom. The van der Waals surface area contributed by atoms with Gasteiger partial charge in [-0.1, -0.05) is 48.5 Å². The third-order valence-corrected chi connectivity index (χ3v) is 3.74. The summed E-state index contributed by atoms with van der Waals surface area (Å²) in [4.78, 5) is 23.9. The summed E-state index contributed by atoms with van der Waals surface area (Å²) in [5.41, 5.74) is 1.33. The predicted molar refractivity (Wildman–Crippen MR) is 102 cm³/mol. The van der Waals surface area contributed by atoms with E-state index in [1.807, 2.05) is 60.7 Å². The molecule has 0 unspecified atom stereocenters. The molecule has 27 heavy (non-hydrogen) atoms. The second-order valence-corrected chi connectivity index (χ2v) is 5.78. The number of rotatable bonds is 7. The molecular weight excluding hydrogens is 342 g/mol. The summed E-state index contributed by atoms with van der Waals surface area (Å²) < 4.78 is 10.7. The third kappa shape index (κ3) is 5.71. The number of amides is 1. The molecule has 0 aliphatic rings. The molecule has 0 aromatic heterocycles. The van der Waals surface area contributed by atoms with Crippen molar-refractivity contribution in [3.63, 3.8) is 0 Å². The Balaban J connectivity index is 1.45. The number of carbonyl (C=O) groups is 2. The van der Waals surface area contributed by atoms with E-state index in [2.05, 4.69) is 5.32 Å². The Morgan fingerprint density at radius 2 is 1.33 bits per heavy atom. The number of ether oxygens (including phenoxy) is 2. The van der Waals surface area contributed by atoms with Crippen LogP contribution in [0.15, 0.2) is 84.9 Å². The summed E-state index contributed by atoms with van der Waals surface area (Å²) in [6.07, 6.45) is 0. The number of hydrogen-bond donors (Lipinski definition) is 1. The van der Waals surface area contributed by atoms with Crippen LogP contribution in [-0.4, -0.2) is 18.5 Å². The second kappa shape index (κ2) is 9.20. The summed E-state index contributed by atoms with van der Waals surface area (Å²) >= 11 is 0. The lowest BCUT2D eigenvalue weighted by Gasteiger charge is -2.08. The van der Waals surface area contributed by atoms with E-state index in [0.29, 0.717) is 23.6 Å². The molecular formula is C22H19NO4. The molecule has 3 aromatic carbocycles. The molecule has 3 rings (SSSR count). The van der Waals surface area contributed by atoms with E-state index in [-0.39, 0.29) is 12.5 Å². The summed E-state index contributed by atoms with van der Waals surface area (Å²) in [6, 6.07) is 25.4. The number of benzene rings is 3. The maximum Gasteiger partial charge on any atom is 0.338 e. The lowest BCUT2D eigenvalue weighted by atomic mass is 10.2. The largest absolute Gasteiger partial charge is 0.457 e. The fourth-order valence-electron chi connectivity index (χ4n) is 2.35. The van der Waals surface area contributed by atoms with E-state index in [1.54, 1.807) is 24.3 Å². The highest BCUT2D eigenvalue weighted by molar-refractivity contribution is 5.91. The van der Waals surface area contributed by atoms with Gasteiger partial charge in [-0.05, 0) is 42.0 Å². The van der Waals surface area contributed by atoms with Gasteiger partial charge in [0.2, 0.25) is 0 Å². The van der Waals surface area contributed by atoms with Crippen molar-refractivity contribution in [2.75, 3.05) is 6.61 Å². The molecule has 5 heteroatoms. The maximum absolute atomic E-state index is 12.0. The van der Waals surface area contributed by atoms with Gasteiger partial charge in [0.25, 0.3) is 5.91 Å². The van der Waals surface area contributed by atoms with Gasteiger partial charge in [0, 0.05) is 6.54 Å². The van der Waals surface area contributed by atoms with Gasteiger partial charge in [0.15, 0.2) is 6.61 Å². The molecule has 0 saturated carbocycles. The maximum atomic E-state index is 12.0. The van der Waals surface area contributed by atoms with Crippen LogP contribution >= 0.6 is 0 Å². The smallest absolute Gasteiger partial charge is 0.338 e. The van der Waals surface area contributed by atoms with Crippen LogP contribution in [0.1, 0.15) is 15.9 Å². The van der Waals surface area contributed by atoms with Crippen molar-refractivity contribution in [3.8, 4) is 11.5 Å². The van der Waals surface area contributed by atoms with Crippen molar-refractivity contribution in [2.24, 2.45) is 0 Å². The van der Waals surface area contributed by atoms with Crippen LogP contribution in [0.3, 0.4) is 0 Å². The first-order valence-corrected chi connectivity index (χ1v) is 8.51. The Kier molecular flexibility index (Phi) is 6.20. The number of esters is 1. The number of para-hydroxylation sites is 1. The molecule has 0 radical (unpaired) electrons. The van der Waals surface area contributed by atoms with Gasteiger partial charge < -0.3 is 14.8 Å². The molecule has 0 aliphatic carbocycles. The molecule has 0 heterocycles. The third-order valence-electron chi connectivity index (χ3n) is 3.74. The van der Waals surface area contributed by atoms with E-state index in [0.717, 1.165) is 5.56 Å². The molecule has 0 aliphatic heterocycles. The van der Waals surface area contributed by atoms with Crippen molar-refractivity contribution < 1.29 is 19.1 Å². The highest BCUT2D eigenvalue weighted by atomic mass is 16.5. The first-order chi connectivity index (χ1) is 13.2. The van der Waals surface area contributed by atoms with Crippen LogP contribution in [0, 0.1) is 0 Å². The van der Waals surface area contributed by atoms with Gasteiger partial charge in [-0.25, -0.2) is 4.79 Å². The Hall–Kier alpha value is -3.60. The zero-order chi connectivity index (χ0) is 18.9. The Morgan fingerprint density at radius 3 is 2.00 bits per heavy atom. The molecule has 1 amide bonds. The topological polar surface area (TPSA) is 64.6 Å². The quantitative estimate of drug-likeness (QED) is 0.647. The lowest BCUT2D eigenvalue weighted by molar-refractivity contribution is -0.124. The van der Waals surface area contributed by atoms with Crippen LogP contribution in [0.2, 0.25) is 0 Å². The van der Waals surface area contributed by atoms with Crippen molar-refractivity contribution >= 4 is 11.9 Å². The van der Waals surface area contributed by atoms with E-state index in [9.17, 15) is 9.59 Å².